The second-order valence-electron chi connectivity index (χ2n) is 7.17. The van der Waals surface area contributed by atoms with E-state index in [1.165, 1.54) is 13.3 Å². The van der Waals surface area contributed by atoms with Gasteiger partial charge in [-0.15, -0.1) is 13.2 Å². The Bertz CT molecular complexity index is 826. The molecule has 9 nitrogen and oxygen atoms in total. The van der Waals surface area contributed by atoms with Crippen LogP contribution >= 0.6 is 6.89 Å². The number of aliphatic hydroxyl groups excluding tert-OH is 1. The Hall–Kier alpha value is -1.67. The molecule has 1 aromatic heterocycles. The highest BCUT2D eigenvalue weighted by molar-refractivity contribution is 7.72. The van der Waals surface area contributed by atoms with Crippen molar-refractivity contribution in [3.8, 4) is 0 Å². The maximum atomic E-state index is 12.2. The molecule has 2 rings (SSSR count). The number of rotatable bonds is 7. The third kappa shape index (κ3) is 4.73. The van der Waals surface area contributed by atoms with Crippen LogP contribution in [0.15, 0.2) is 15.8 Å². The molecular formula is C16H26N3O6P. The Morgan fingerprint density at radius 3 is 2.69 bits per heavy atom. The van der Waals surface area contributed by atoms with Gasteiger partial charge < -0.3 is 20.3 Å². The van der Waals surface area contributed by atoms with Gasteiger partial charge in [0.1, 0.15) is 12.2 Å². The van der Waals surface area contributed by atoms with E-state index >= 15 is 0 Å². The molecule has 1 saturated heterocycles. The molecule has 1 fully saturated rings. The van der Waals surface area contributed by atoms with Gasteiger partial charge >= 0.3 is 5.69 Å². The molecule has 1 unspecified atom stereocenters. The summed E-state index contributed by atoms with van der Waals surface area (Å²) >= 11 is 0. The number of aromatic nitrogens is 2. The molecule has 0 aromatic carbocycles. The number of hydrogen-bond acceptors (Lipinski definition) is 6. The van der Waals surface area contributed by atoms with Crippen molar-refractivity contribution in [2.45, 2.75) is 37.4 Å². The zero-order chi connectivity index (χ0) is 19.6. The molecule has 10 heteroatoms. The third-order valence-electron chi connectivity index (χ3n) is 4.28. The molecule has 146 valence electrons. The Balaban J connectivity index is 2.34. The minimum atomic E-state index is -1.30. The van der Waals surface area contributed by atoms with Crippen molar-refractivity contribution >= 4 is 19.1 Å². The normalized spacial score (nSPS) is 26.2. The molecule has 1 amide bonds. The Kier molecular flexibility index (Phi) is 6.29. The Morgan fingerprint density at radius 2 is 2.15 bits per heavy atom. The highest BCUT2D eigenvalue weighted by atomic mass is 31.2. The van der Waals surface area contributed by atoms with Crippen molar-refractivity contribution in [1.29, 1.82) is 0 Å². The molecule has 0 bridgehead atoms. The number of carbonyl (C=O) groups excluding carboxylic acids is 1. The lowest BCUT2D eigenvalue weighted by Gasteiger charge is -2.20. The summed E-state index contributed by atoms with van der Waals surface area (Å²) in [6.45, 7) is 2.87. The summed E-state index contributed by atoms with van der Waals surface area (Å²) in [6.07, 6.45) is 3.26. The average molecular weight is 387 g/mol. The van der Waals surface area contributed by atoms with Crippen LogP contribution in [-0.2, 0) is 20.7 Å². The van der Waals surface area contributed by atoms with Crippen LogP contribution in [-0.4, -0.2) is 71.8 Å². The first kappa shape index (κ1) is 20.6. The molecular weight excluding hydrogens is 361 g/mol. The fourth-order valence-electron chi connectivity index (χ4n) is 2.94. The van der Waals surface area contributed by atoms with E-state index in [2.05, 4.69) is 24.6 Å². The highest BCUT2D eigenvalue weighted by Gasteiger charge is 2.45. The summed E-state index contributed by atoms with van der Waals surface area (Å²) < 4.78 is 12.3. The summed E-state index contributed by atoms with van der Waals surface area (Å²) in [4.78, 5) is 37.3. The van der Waals surface area contributed by atoms with Gasteiger partial charge in [0.25, 0.3) is 5.56 Å². The topological polar surface area (TPSA) is 137 Å². The number of H-pyrrole nitrogens is 1. The van der Waals surface area contributed by atoms with Crippen LogP contribution in [0.25, 0.3) is 0 Å². The quantitative estimate of drug-likeness (QED) is 0.510. The van der Waals surface area contributed by atoms with Gasteiger partial charge in [-0.25, -0.2) is 4.79 Å². The highest BCUT2D eigenvalue weighted by Crippen LogP contribution is 2.39. The Labute approximate surface area is 151 Å². The number of carbonyl (C=O) groups is 1. The van der Waals surface area contributed by atoms with Crippen molar-refractivity contribution in [3.05, 3.63) is 32.6 Å². The molecule has 4 atom stereocenters. The van der Waals surface area contributed by atoms with Gasteiger partial charge in [0, 0.05) is 18.9 Å². The van der Waals surface area contributed by atoms with Gasteiger partial charge in [-0.2, -0.15) is 0 Å². The summed E-state index contributed by atoms with van der Waals surface area (Å²) in [5, 5.41) is 10.5. The van der Waals surface area contributed by atoms with E-state index in [1.807, 2.05) is 0 Å². The van der Waals surface area contributed by atoms with Crippen LogP contribution in [0.5, 0.6) is 0 Å². The number of ether oxygens (including phenoxy) is 2. The second kappa shape index (κ2) is 7.92. The summed E-state index contributed by atoms with van der Waals surface area (Å²) in [6, 6.07) is 0. The van der Waals surface area contributed by atoms with Crippen LogP contribution in [0.2, 0.25) is 0 Å². The van der Waals surface area contributed by atoms with Crippen LogP contribution in [0.4, 0.5) is 0 Å². The van der Waals surface area contributed by atoms with Gasteiger partial charge in [-0.1, -0.05) is 0 Å². The standard InChI is InChI=1S/C16H26N3O6P/c1-24-13-12(21)10(5-6-26(2,3)4)25-15(13)19-8-9(7-11(17)20)14(22)18-16(19)23/h8,10,12-13,15,21H,2,5-7H2,1,3-4H3,(H2,17,20)(H,18,22,23)/t10-,12-,13-,15?/m1/s1. The van der Waals surface area contributed by atoms with Gasteiger partial charge in [-0.05, 0) is 25.9 Å². The van der Waals surface area contributed by atoms with Crippen molar-refractivity contribution < 1.29 is 19.4 Å². The fourth-order valence-corrected chi connectivity index (χ4v) is 3.90. The van der Waals surface area contributed by atoms with Gasteiger partial charge in [-0.3, -0.25) is 19.1 Å². The number of aromatic amines is 1. The van der Waals surface area contributed by atoms with Crippen LogP contribution in [0.1, 0.15) is 18.2 Å². The van der Waals surface area contributed by atoms with Crippen molar-refractivity contribution in [2.24, 2.45) is 5.73 Å². The van der Waals surface area contributed by atoms with Crippen LogP contribution in [0.3, 0.4) is 0 Å². The van der Waals surface area contributed by atoms with Crippen molar-refractivity contribution in [2.75, 3.05) is 26.6 Å². The third-order valence-corrected chi connectivity index (χ3v) is 5.75. The Morgan fingerprint density at radius 1 is 1.50 bits per heavy atom. The minimum absolute atomic E-state index is 0.0401. The number of methoxy groups -OCH3 is 1. The van der Waals surface area contributed by atoms with E-state index in [-0.39, 0.29) is 12.0 Å². The number of amides is 1. The molecule has 0 aliphatic carbocycles. The molecule has 1 aliphatic heterocycles. The number of nitrogens with zero attached hydrogens (tertiary/aromatic N) is 1. The van der Waals surface area contributed by atoms with Crippen LogP contribution in [0, 0.1) is 0 Å². The molecule has 26 heavy (non-hydrogen) atoms. The zero-order valence-electron chi connectivity index (χ0n) is 15.2. The average Bonchev–Trinajstić information content (AvgIpc) is 2.82. The molecule has 0 radical (unpaired) electrons. The lowest BCUT2D eigenvalue weighted by molar-refractivity contribution is -0.117. The second-order valence-corrected chi connectivity index (χ2v) is 11.5. The largest absolute Gasteiger partial charge is 0.388 e. The zero-order valence-corrected chi connectivity index (χ0v) is 16.1. The number of nitrogens with two attached hydrogens (primary N) is 1. The van der Waals surface area contributed by atoms with E-state index in [4.69, 9.17) is 15.2 Å². The number of nitrogens with one attached hydrogen (secondary N) is 1. The van der Waals surface area contributed by atoms with Gasteiger partial charge in [0.2, 0.25) is 5.91 Å². The number of aliphatic hydroxyl groups is 1. The predicted molar refractivity (Wildman–Crippen MR) is 100 cm³/mol. The predicted octanol–water partition coefficient (Wildman–Crippen LogP) is -1.06. The lowest BCUT2D eigenvalue weighted by atomic mass is 10.1. The molecule has 2 heterocycles. The fraction of sp³-hybridized carbons (Fsp3) is 0.625. The molecule has 1 aliphatic rings. The van der Waals surface area contributed by atoms with Gasteiger partial charge in [0.15, 0.2) is 6.23 Å². The molecule has 1 aromatic rings. The maximum Gasteiger partial charge on any atom is 0.330 e. The first-order valence-corrected chi connectivity index (χ1v) is 11.2. The first-order valence-electron chi connectivity index (χ1n) is 8.20. The monoisotopic (exact) mass is 387 g/mol. The van der Waals surface area contributed by atoms with Gasteiger partial charge in [0.05, 0.1) is 12.5 Å². The maximum absolute atomic E-state index is 12.2. The molecule has 0 saturated carbocycles. The molecule has 4 N–H and O–H groups in total. The summed E-state index contributed by atoms with van der Waals surface area (Å²) in [5.41, 5.74) is 3.78. The van der Waals surface area contributed by atoms with E-state index in [9.17, 15) is 19.5 Å². The summed E-state index contributed by atoms with van der Waals surface area (Å²) in [5.74, 6) is -0.698. The summed E-state index contributed by atoms with van der Waals surface area (Å²) in [7, 11) is 1.41. The SMILES string of the molecule is C=P(C)(C)CC[C@H]1OC(n2cc(CC(N)=O)c(=O)[nH]c2=O)[C@H](OC)[C@@H]1O. The van der Waals surface area contributed by atoms with Crippen LogP contribution < -0.4 is 17.0 Å². The number of hydrogen-bond donors (Lipinski definition) is 3. The molecule has 0 spiro atoms. The smallest absolute Gasteiger partial charge is 0.330 e. The van der Waals surface area contributed by atoms with E-state index in [0.717, 1.165) is 10.7 Å². The van der Waals surface area contributed by atoms with E-state index in [1.54, 1.807) is 0 Å². The number of primary amides is 1. The van der Waals surface area contributed by atoms with E-state index in [0.29, 0.717) is 6.42 Å². The van der Waals surface area contributed by atoms with Crippen molar-refractivity contribution in [1.82, 2.24) is 9.55 Å². The minimum Gasteiger partial charge on any atom is -0.388 e. The van der Waals surface area contributed by atoms with Crippen molar-refractivity contribution in [3.63, 3.8) is 0 Å². The lowest BCUT2D eigenvalue weighted by Crippen LogP contribution is -2.40. The first-order chi connectivity index (χ1) is 12.0. The van der Waals surface area contributed by atoms with E-state index < -0.39 is 48.6 Å².